The van der Waals surface area contributed by atoms with Crippen molar-refractivity contribution in [1.29, 1.82) is 5.26 Å². The van der Waals surface area contributed by atoms with E-state index >= 15 is 0 Å². The maximum absolute atomic E-state index is 14.4. The number of aryl methyl sites for hydroxylation is 1. The first-order valence-electron chi connectivity index (χ1n) is 6.82. The van der Waals surface area contributed by atoms with E-state index in [0.29, 0.717) is 10.4 Å². The lowest BCUT2D eigenvalue weighted by Gasteiger charge is -2.12. The van der Waals surface area contributed by atoms with Crippen LogP contribution in [-0.2, 0) is 0 Å². The van der Waals surface area contributed by atoms with Crippen molar-refractivity contribution in [3.63, 3.8) is 0 Å². The third-order valence-electron chi connectivity index (χ3n) is 3.49. The van der Waals surface area contributed by atoms with E-state index in [2.05, 4.69) is 20.9 Å². The second-order valence-electron chi connectivity index (χ2n) is 5.12. The molecule has 0 saturated carbocycles. The molecule has 0 N–H and O–H groups in total. The lowest BCUT2D eigenvalue weighted by atomic mass is 10.1. The summed E-state index contributed by atoms with van der Waals surface area (Å²) in [5, 5.41) is 8.78. The second-order valence-corrected chi connectivity index (χ2v) is 6.19. The quantitative estimate of drug-likeness (QED) is 0.568. The van der Waals surface area contributed by atoms with Gasteiger partial charge in [0.25, 0.3) is 0 Å². The molecule has 0 radical (unpaired) electrons. The molecule has 0 atom stereocenters. The molecule has 0 aliphatic rings. The normalized spacial score (nSPS) is 10.7. The van der Waals surface area contributed by atoms with Gasteiger partial charge in [-0.1, -0.05) is 29.3 Å². The minimum absolute atomic E-state index is 0.0510. The predicted octanol–water partition coefficient (Wildman–Crippen LogP) is 5.41. The van der Waals surface area contributed by atoms with E-state index in [-0.39, 0.29) is 22.0 Å². The number of hydrogen-bond acceptors (Lipinski definition) is 2. The van der Waals surface area contributed by atoms with Crippen molar-refractivity contribution in [2.24, 2.45) is 0 Å². The van der Waals surface area contributed by atoms with Crippen LogP contribution in [0.3, 0.4) is 0 Å². The fourth-order valence-corrected chi connectivity index (χ4v) is 3.30. The van der Waals surface area contributed by atoms with Crippen LogP contribution in [0.15, 0.2) is 41.1 Å². The van der Waals surface area contributed by atoms with E-state index in [0.717, 1.165) is 17.7 Å². The number of aromatic nitrogens is 2. The Labute approximate surface area is 150 Å². The summed E-state index contributed by atoms with van der Waals surface area (Å²) in [6.07, 6.45) is 0. The van der Waals surface area contributed by atoms with Gasteiger partial charge in [0.15, 0.2) is 9.89 Å². The molecule has 1 aromatic heterocycles. The molecule has 1 heterocycles. The van der Waals surface area contributed by atoms with Gasteiger partial charge in [0, 0.05) is 5.69 Å². The van der Waals surface area contributed by atoms with Crippen molar-refractivity contribution in [1.82, 2.24) is 9.55 Å². The highest BCUT2D eigenvalue weighted by atomic mass is 79.9. The molecule has 0 saturated heterocycles. The fourth-order valence-electron chi connectivity index (χ4n) is 2.38. The van der Waals surface area contributed by atoms with E-state index in [4.69, 9.17) is 16.9 Å². The maximum Gasteiger partial charge on any atom is 0.183 e. The third-order valence-corrected chi connectivity index (χ3v) is 4.29. The molecule has 0 fully saturated rings. The van der Waals surface area contributed by atoms with Crippen molar-refractivity contribution in [2.45, 2.75) is 6.92 Å². The van der Waals surface area contributed by atoms with Gasteiger partial charge in [0.2, 0.25) is 0 Å². The SMILES string of the molecule is Cc1ccc(-n2c(Br)nc(Cl)c2-c2c(F)cc(C#N)cc2F)cc1. The van der Waals surface area contributed by atoms with Crippen molar-refractivity contribution < 1.29 is 8.78 Å². The molecule has 24 heavy (non-hydrogen) atoms. The molecule has 0 aliphatic carbocycles. The zero-order valence-electron chi connectivity index (χ0n) is 12.3. The molecule has 120 valence electrons. The Bertz CT molecular complexity index is 952. The van der Waals surface area contributed by atoms with Gasteiger partial charge in [-0.25, -0.2) is 13.8 Å². The van der Waals surface area contributed by atoms with Crippen molar-refractivity contribution in [3.8, 4) is 23.0 Å². The van der Waals surface area contributed by atoms with Crippen LogP contribution < -0.4 is 0 Å². The summed E-state index contributed by atoms with van der Waals surface area (Å²) in [7, 11) is 0. The molecule has 7 heteroatoms. The van der Waals surface area contributed by atoms with Gasteiger partial charge >= 0.3 is 0 Å². The molecule has 0 aliphatic heterocycles. The molecule has 3 aromatic rings. The standard InChI is InChI=1S/C17H9BrClF2N3/c1-9-2-4-11(5-3-9)24-15(16(19)23-17(24)18)14-12(20)6-10(8-22)7-13(14)21/h2-7H,1H3. The first-order valence-corrected chi connectivity index (χ1v) is 7.99. The summed E-state index contributed by atoms with van der Waals surface area (Å²) >= 11 is 9.39. The van der Waals surface area contributed by atoms with Crippen LogP contribution in [0.5, 0.6) is 0 Å². The van der Waals surface area contributed by atoms with E-state index in [9.17, 15) is 8.78 Å². The number of nitrogens with zero attached hydrogens (tertiary/aromatic N) is 3. The van der Waals surface area contributed by atoms with Crippen LogP contribution in [0.1, 0.15) is 11.1 Å². The van der Waals surface area contributed by atoms with Crippen LogP contribution in [0, 0.1) is 29.9 Å². The van der Waals surface area contributed by atoms with E-state index in [1.165, 1.54) is 4.57 Å². The third kappa shape index (κ3) is 2.81. The van der Waals surface area contributed by atoms with Gasteiger partial charge in [-0.2, -0.15) is 5.26 Å². The van der Waals surface area contributed by atoms with Crippen molar-refractivity contribution >= 4 is 27.5 Å². The molecule has 3 nitrogen and oxygen atoms in total. The number of halogens is 4. The smallest absolute Gasteiger partial charge is 0.183 e. The predicted molar refractivity (Wildman–Crippen MR) is 91.1 cm³/mol. The highest BCUT2D eigenvalue weighted by molar-refractivity contribution is 9.10. The second kappa shape index (κ2) is 6.34. The van der Waals surface area contributed by atoms with Crippen molar-refractivity contribution in [3.05, 3.63) is 69.0 Å². The summed E-state index contributed by atoms with van der Waals surface area (Å²) in [5.74, 6) is -1.76. The molecular weight excluding hydrogens is 400 g/mol. The van der Waals surface area contributed by atoms with Crippen LogP contribution in [0.2, 0.25) is 5.15 Å². The number of benzene rings is 2. The van der Waals surface area contributed by atoms with Gasteiger partial charge in [-0.05, 0) is 47.1 Å². The van der Waals surface area contributed by atoms with Gasteiger partial charge in [-0.15, -0.1) is 0 Å². The zero-order valence-corrected chi connectivity index (χ0v) is 14.7. The fraction of sp³-hybridized carbons (Fsp3) is 0.0588. The van der Waals surface area contributed by atoms with Crippen LogP contribution in [0.25, 0.3) is 16.9 Å². The Balaban J connectivity index is 2.31. The minimum Gasteiger partial charge on any atom is -0.285 e. The van der Waals surface area contributed by atoms with Gasteiger partial charge in [-0.3, -0.25) is 4.57 Å². The Morgan fingerprint density at radius 3 is 2.29 bits per heavy atom. The molecule has 3 rings (SSSR count). The number of hydrogen-bond donors (Lipinski definition) is 0. The largest absolute Gasteiger partial charge is 0.285 e. The maximum atomic E-state index is 14.4. The monoisotopic (exact) mass is 407 g/mol. The summed E-state index contributed by atoms with van der Waals surface area (Å²) in [6, 6.07) is 11.0. The number of nitriles is 1. The zero-order chi connectivity index (χ0) is 17.4. The first kappa shape index (κ1) is 16.6. The van der Waals surface area contributed by atoms with Crippen molar-refractivity contribution in [2.75, 3.05) is 0 Å². The lowest BCUT2D eigenvalue weighted by molar-refractivity contribution is 0.587. The highest BCUT2D eigenvalue weighted by Gasteiger charge is 2.24. The highest BCUT2D eigenvalue weighted by Crippen LogP contribution is 2.37. The lowest BCUT2D eigenvalue weighted by Crippen LogP contribution is -2.01. The Hall–Kier alpha value is -2.23. The molecule has 0 bridgehead atoms. The Morgan fingerprint density at radius 1 is 1.17 bits per heavy atom. The van der Waals surface area contributed by atoms with Crippen LogP contribution in [0.4, 0.5) is 8.78 Å². The minimum atomic E-state index is -0.880. The van der Waals surface area contributed by atoms with Gasteiger partial charge in [0.1, 0.15) is 11.6 Å². The Morgan fingerprint density at radius 2 is 1.75 bits per heavy atom. The van der Waals surface area contributed by atoms with Crippen LogP contribution >= 0.6 is 27.5 Å². The summed E-state index contributed by atoms with van der Waals surface area (Å²) in [4.78, 5) is 4.06. The van der Waals surface area contributed by atoms with E-state index in [1.54, 1.807) is 18.2 Å². The number of imidazole rings is 1. The topological polar surface area (TPSA) is 41.6 Å². The van der Waals surface area contributed by atoms with Crippen LogP contribution in [-0.4, -0.2) is 9.55 Å². The van der Waals surface area contributed by atoms with E-state index < -0.39 is 11.6 Å². The first-order chi connectivity index (χ1) is 11.4. The molecule has 0 spiro atoms. The molecule has 2 aromatic carbocycles. The molecule has 0 amide bonds. The van der Waals surface area contributed by atoms with E-state index in [1.807, 2.05) is 19.1 Å². The molecular formula is C17H9BrClF2N3. The van der Waals surface area contributed by atoms with Gasteiger partial charge < -0.3 is 0 Å². The summed E-state index contributed by atoms with van der Waals surface area (Å²) in [5.41, 5.74) is 1.32. The average Bonchev–Trinajstić information content (AvgIpc) is 2.82. The number of rotatable bonds is 2. The molecule has 0 unspecified atom stereocenters. The summed E-state index contributed by atoms with van der Waals surface area (Å²) < 4.78 is 30.7. The average molecular weight is 409 g/mol. The van der Waals surface area contributed by atoms with Gasteiger partial charge in [0.05, 0.1) is 22.9 Å². The summed E-state index contributed by atoms with van der Waals surface area (Å²) in [6.45, 7) is 1.93. The Kier molecular flexibility index (Phi) is 4.39.